The Morgan fingerprint density at radius 1 is 1.10 bits per heavy atom. The summed E-state index contributed by atoms with van der Waals surface area (Å²) in [4.78, 5) is 3.96. The van der Waals surface area contributed by atoms with E-state index in [0.717, 1.165) is 5.56 Å². The molecule has 3 aromatic rings. The van der Waals surface area contributed by atoms with Gasteiger partial charge in [0.1, 0.15) is 11.5 Å². The number of rotatable bonds is 2. The number of hydrogen-bond acceptors (Lipinski definition) is 4. The van der Waals surface area contributed by atoms with E-state index in [9.17, 15) is 4.39 Å². The lowest BCUT2D eigenvalue weighted by Gasteiger charge is -2.03. The van der Waals surface area contributed by atoms with Gasteiger partial charge in [-0.3, -0.25) is 4.98 Å². The fourth-order valence-electron chi connectivity index (χ4n) is 1.94. The zero-order chi connectivity index (χ0) is 14.1. The largest absolute Gasteiger partial charge is 0.367 e. The Balaban J connectivity index is 2.18. The second-order valence-electron chi connectivity index (χ2n) is 4.14. The number of benzene rings is 1. The molecule has 2 aromatic heterocycles. The molecule has 2 heterocycles. The van der Waals surface area contributed by atoms with Crippen molar-refractivity contribution in [2.24, 2.45) is 0 Å². The lowest BCUT2D eigenvalue weighted by molar-refractivity contribution is 0.439. The Hall–Kier alpha value is -2.21. The van der Waals surface area contributed by atoms with Crippen molar-refractivity contribution in [3.05, 3.63) is 53.0 Å². The molecule has 0 saturated heterocycles. The maximum Gasteiger partial charge on any atom is 0.230 e. The van der Waals surface area contributed by atoms with Crippen LogP contribution in [0.3, 0.4) is 0 Å². The molecule has 3 rings (SSSR count). The van der Waals surface area contributed by atoms with E-state index < -0.39 is 0 Å². The second-order valence-corrected chi connectivity index (χ2v) is 4.99. The second kappa shape index (κ2) is 5.05. The molecule has 1 aromatic carbocycles. The number of halogens is 2. The predicted molar refractivity (Wildman–Crippen MR) is 77.2 cm³/mol. The highest BCUT2D eigenvalue weighted by atomic mass is 79.9. The number of nitrogen functional groups attached to an aromatic ring is 1. The van der Waals surface area contributed by atoms with E-state index in [-0.39, 0.29) is 11.7 Å². The Kier molecular flexibility index (Phi) is 3.23. The molecular weight excluding hydrogens is 325 g/mol. The predicted octanol–water partition coefficient (Wildman–Crippen LogP) is 3.89. The molecule has 100 valence electrons. The third-order valence-corrected chi connectivity index (χ3v) is 3.49. The summed E-state index contributed by atoms with van der Waals surface area (Å²) in [6.07, 6.45) is 3.32. The van der Waals surface area contributed by atoms with Crippen LogP contribution in [0, 0.1) is 5.82 Å². The third-order valence-electron chi connectivity index (χ3n) is 2.88. The summed E-state index contributed by atoms with van der Waals surface area (Å²) in [7, 11) is 0. The van der Waals surface area contributed by atoms with Gasteiger partial charge in [-0.15, -0.1) is 0 Å². The number of aromatic nitrogens is 2. The van der Waals surface area contributed by atoms with E-state index in [4.69, 9.17) is 10.3 Å². The molecule has 0 unspecified atom stereocenters. The Bertz CT molecular complexity index is 758. The normalized spacial score (nSPS) is 10.7. The summed E-state index contributed by atoms with van der Waals surface area (Å²) in [5, 5.41) is 3.97. The molecule has 4 nitrogen and oxygen atoms in total. The van der Waals surface area contributed by atoms with Crippen molar-refractivity contribution in [2.75, 3.05) is 5.73 Å². The van der Waals surface area contributed by atoms with Crippen LogP contribution in [-0.4, -0.2) is 10.1 Å². The SMILES string of the molecule is Nc1onc(-c2ccc(F)c(Br)c2)c1-c1ccncc1. The first-order chi connectivity index (χ1) is 9.66. The van der Waals surface area contributed by atoms with E-state index >= 15 is 0 Å². The maximum absolute atomic E-state index is 13.3. The summed E-state index contributed by atoms with van der Waals surface area (Å²) in [5.74, 6) is -0.123. The van der Waals surface area contributed by atoms with Gasteiger partial charge in [-0.1, -0.05) is 5.16 Å². The first kappa shape index (κ1) is 12.8. The van der Waals surface area contributed by atoms with Crippen LogP contribution in [0.15, 0.2) is 51.7 Å². The number of nitrogens with zero attached hydrogens (tertiary/aromatic N) is 2. The summed E-state index contributed by atoms with van der Waals surface area (Å²) >= 11 is 3.16. The quantitative estimate of drug-likeness (QED) is 0.772. The molecule has 0 aliphatic carbocycles. The summed E-state index contributed by atoms with van der Waals surface area (Å²) in [6.45, 7) is 0. The summed E-state index contributed by atoms with van der Waals surface area (Å²) in [6, 6.07) is 8.25. The van der Waals surface area contributed by atoms with Gasteiger partial charge in [0.15, 0.2) is 0 Å². The van der Waals surface area contributed by atoms with Crippen LogP contribution in [0.5, 0.6) is 0 Å². The van der Waals surface area contributed by atoms with Gasteiger partial charge in [0, 0.05) is 18.0 Å². The molecule has 0 saturated carbocycles. The molecule has 20 heavy (non-hydrogen) atoms. The van der Waals surface area contributed by atoms with Crippen LogP contribution in [0.1, 0.15) is 0 Å². The first-order valence-electron chi connectivity index (χ1n) is 5.78. The van der Waals surface area contributed by atoms with Gasteiger partial charge in [0.05, 0.1) is 10.0 Å². The van der Waals surface area contributed by atoms with Gasteiger partial charge in [-0.2, -0.15) is 0 Å². The molecule has 0 aliphatic heterocycles. The van der Waals surface area contributed by atoms with Crippen molar-refractivity contribution in [3.63, 3.8) is 0 Å². The third kappa shape index (κ3) is 2.18. The van der Waals surface area contributed by atoms with Gasteiger partial charge >= 0.3 is 0 Å². The van der Waals surface area contributed by atoms with Crippen molar-refractivity contribution >= 4 is 21.8 Å². The van der Waals surface area contributed by atoms with E-state index in [1.807, 2.05) is 12.1 Å². The zero-order valence-corrected chi connectivity index (χ0v) is 11.8. The van der Waals surface area contributed by atoms with Gasteiger partial charge < -0.3 is 10.3 Å². The van der Waals surface area contributed by atoms with E-state index in [0.29, 0.717) is 21.3 Å². The van der Waals surface area contributed by atoms with Crippen LogP contribution in [0.25, 0.3) is 22.4 Å². The monoisotopic (exact) mass is 333 g/mol. The van der Waals surface area contributed by atoms with Crippen molar-refractivity contribution in [1.82, 2.24) is 10.1 Å². The average molecular weight is 334 g/mol. The molecule has 0 bridgehead atoms. The van der Waals surface area contributed by atoms with E-state index in [1.165, 1.54) is 6.07 Å². The summed E-state index contributed by atoms with van der Waals surface area (Å²) in [5.41, 5.74) is 8.64. The number of anilines is 1. The van der Waals surface area contributed by atoms with Crippen molar-refractivity contribution < 1.29 is 8.91 Å². The molecule has 0 amide bonds. The lowest BCUT2D eigenvalue weighted by Crippen LogP contribution is -1.88. The van der Waals surface area contributed by atoms with Gasteiger partial charge in [0.25, 0.3) is 0 Å². The highest BCUT2D eigenvalue weighted by molar-refractivity contribution is 9.10. The van der Waals surface area contributed by atoms with Crippen molar-refractivity contribution in [2.45, 2.75) is 0 Å². The van der Waals surface area contributed by atoms with Gasteiger partial charge in [-0.25, -0.2) is 4.39 Å². The van der Waals surface area contributed by atoms with E-state index in [2.05, 4.69) is 26.1 Å². The Morgan fingerprint density at radius 2 is 1.85 bits per heavy atom. The molecule has 0 spiro atoms. The topological polar surface area (TPSA) is 64.9 Å². The molecule has 0 aliphatic rings. The van der Waals surface area contributed by atoms with E-state index in [1.54, 1.807) is 24.5 Å². The minimum absolute atomic E-state index is 0.214. The van der Waals surface area contributed by atoms with Crippen LogP contribution >= 0.6 is 15.9 Å². The number of pyridine rings is 1. The first-order valence-corrected chi connectivity index (χ1v) is 6.57. The van der Waals surface area contributed by atoms with Crippen LogP contribution in [0.4, 0.5) is 10.3 Å². The Labute approximate surface area is 122 Å². The van der Waals surface area contributed by atoms with Crippen molar-refractivity contribution in [3.8, 4) is 22.4 Å². The van der Waals surface area contributed by atoms with Crippen molar-refractivity contribution in [1.29, 1.82) is 0 Å². The zero-order valence-electron chi connectivity index (χ0n) is 10.2. The van der Waals surface area contributed by atoms with Crippen LogP contribution < -0.4 is 5.73 Å². The molecule has 6 heteroatoms. The maximum atomic E-state index is 13.3. The fourth-order valence-corrected chi connectivity index (χ4v) is 2.32. The highest BCUT2D eigenvalue weighted by Gasteiger charge is 2.18. The lowest BCUT2D eigenvalue weighted by atomic mass is 10.0. The molecular formula is C14H9BrFN3O. The summed E-state index contributed by atoms with van der Waals surface area (Å²) < 4.78 is 18.8. The molecule has 0 atom stereocenters. The minimum Gasteiger partial charge on any atom is -0.367 e. The number of nitrogens with two attached hydrogens (primary N) is 1. The van der Waals surface area contributed by atoms with Gasteiger partial charge in [-0.05, 0) is 51.8 Å². The Morgan fingerprint density at radius 3 is 2.55 bits per heavy atom. The van der Waals surface area contributed by atoms with Gasteiger partial charge in [0.2, 0.25) is 5.88 Å². The van der Waals surface area contributed by atoms with Crippen LogP contribution in [0.2, 0.25) is 0 Å². The fraction of sp³-hybridized carbons (Fsp3) is 0. The smallest absolute Gasteiger partial charge is 0.230 e. The van der Waals surface area contributed by atoms with Crippen LogP contribution in [-0.2, 0) is 0 Å². The minimum atomic E-state index is -0.337. The molecule has 2 N–H and O–H groups in total. The average Bonchev–Trinajstić information content (AvgIpc) is 2.85. The molecule has 0 fully saturated rings. The number of hydrogen-bond donors (Lipinski definition) is 1. The highest BCUT2D eigenvalue weighted by Crippen LogP contribution is 2.36. The molecule has 0 radical (unpaired) electrons. The standard InChI is InChI=1S/C14H9BrFN3O/c15-10-7-9(1-2-11(10)16)13-12(14(17)20-19-13)8-3-5-18-6-4-8/h1-7H,17H2.